The van der Waals surface area contributed by atoms with E-state index in [-0.39, 0.29) is 10.6 Å². The van der Waals surface area contributed by atoms with Crippen molar-refractivity contribution in [1.29, 1.82) is 0 Å². The molecule has 4 nitrogen and oxygen atoms in total. The van der Waals surface area contributed by atoms with E-state index in [9.17, 15) is 13.5 Å². The van der Waals surface area contributed by atoms with Crippen LogP contribution in [0.2, 0.25) is 0 Å². The molecular weight excluding hydrogens is 238 g/mol. The van der Waals surface area contributed by atoms with Crippen molar-refractivity contribution in [3.63, 3.8) is 0 Å². The summed E-state index contributed by atoms with van der Waals surface area (Å²) in [7, 11) is -3.48. The maximum Gasteiger partial charge on any atom is 0.243 e. The maximum atomic E-state index is 12.3. The topological polar surface area (TPSA) is 57.6 Å². The fourth-order valence-electron chi connectivity index (χ4n) is 1.87. The molecule has 0 saturated carbocycles. The van der Waals surface area contributed by atoms with Gasteiger partial charge < -0.3 is 5.11 Å². The minimum Gasteiger partial charge on any atom is -0.508 e. The highest BCUT2D eigenvalue weighted by Crippen LogP contribution is 2.22. The monoisotopic (exact) mass is 253 g/mol. The Balaban J connectivity index is 2.34. The van der Waals surface area contributed by atoms with Crippen molar-refractivity contribution in [1.82, 2.24) is 4.31 Å². The first kappa shape index (κ1) is 12.1. The van der Waals surface area contributed by atoms with E-state index in [0.29, 0.717) is 13.1 Å². The van der Waals surface area contributed by atoms with Crippen LogP contribution in [0.3, 0.4) is 0 Å². The van der Waals surface area contributed by atoms with Crippen LogP contribution in [-0.4, -0.2) is 30.9 Å². The molecule has 0 radical (unpaired) electrons. The summed E-state index contributed by atoms with van der Waals surface area (Å²) in [5, 5.41) is 9.33. The number of hydrogen-bond donors (Lipinski definition) is 1. The highest BCUT2D eigenvalue weighted by molar-refractivity contribution is 7.89. The van der Waals surface area contributed by atoms with Crippen LogP contribution in [0.25, 0.3) is 0 Å². The molecule has 1 aromatic rings. The molecule has 1 aliphatic rings. The van der Waals surface area contributed by atoms with Crippen molar-refractivity contribution >= 4 is 10.0 Å². The molecule has 1 N–H and O–H groups in total. The summed E-state index contributed by atoms with van der Waals surface area (Å²) in [6.45, 7) is 2.84. The van der Waals surface area contributed by atoms with Crippen LogP contribution in [-0.2, 0) is 10.0 Å². The summed E-state index contributed by atoms with van der Waals surface area (Å²) < 4.78 is 26.0. The maximum absolute atomic E-state index is 12.3. The summed E-state index contributed by atoms with van der Waals surface area (Å²) in [5.41, 5.74) is 1.06. The van der Waals surface area contributed by atoms with Crippen LogP contribution in [0.15, 0.2) is 40.8 Å². The van der Waals surface area contributed by atoms with Gasteiger partial charge in [0.1, 0.15) is 5.75 Å². The van der Waals surface area contributed by atoms with Gasteiger partial charge in [0.2, 0.25) is 10.0 Å². The summed E-state index contributed by atoms with van der Waals surface area (Å²) in [4.78, 5) is 0.146. The summed E-state index contributed by atoms with van der Waals surface area (Å²) in [6, 6.07) is 5.78. The second kappa shape index (κ2) is 4.50. The van der Waals surface area contributed by atoms with Gasteiger partial charge in [-0.25, -0.2) is 8.42 Å². The predicted octanol–water partition coefficient (Wildman–Crippen LogP) is 1.73. The molecule has 1 aromatic carbocycles. The SMILES string of the molecule is CC1=CCCN(S(=O)(=O)c2cccc(O)c2)C1. The van der Waals surface area contributed by atoms with E-state index in [1.807, 2.05) is 6.92 Å². The van der Waals surface area contributed by atoms with Gasteiger partial charge in [0.15, 0.2) is 0 Å². The average Bonchev–Trinajstić information content (AvgIpc) is 2.29. The van der Waals surface area contributed by atoms with E-state index in [4.69, 9.17) is 0 Å². The fourth-order valence-corrected chi connectivity index (χ4v) is 3.41. The van der Waals surface area contributed by atoms with Crippen LogP contribution in [0, 0.1) is 0 Å². The molecule has 0 amide bonds. The lowest BCUT2D eigenvalue weighted by Crippen LogP contribution is -2.35. The minimum absolute atomic E-state index is 0.0321. The Hall–Kier alpha value is -1.33. The van der Waals surface area contributed by atoms with Gasteiger partial charge in [0, 0.05) is 13.1 Å². The number of benzene rings is 1. The van der Waals surface area contributed by atoms with Crippen LogP contribution in [0.5, 0.6) is 5.75 Å². The molecule has 0 fully saturated rings. The van der Waals surface area contributed by atoms with E-state index in [2.05, 4.69) is 6.08 Å². The van der Waals surface area contributed by atoms with Crippen molar-refractivity contribution in [3.8, 4) is 5.75 Å². The van der Waals surface area contributed by atoms with Crippen LogP contribution in [0.1, 0.15) is 13.3 Å². The normalized spacial score (nSPS) is 17.8. The Morgan fingerprint density at radius 3 is 2.76 bits per heavy atom. The lowest BCUT2D eigenvalue weighted by atomic mass is 10.2. The zero-order valence-electron chi connectivity index (χ0n) is 9.63. The number of sulfonamides is 1. The molecule has 0 spiro atoms. The van der Waals surface area contributed by atoms with Crippen LogP contribution in [0.4, 0.5) is 0 Å². The molecule has 92 valence electrons. The van der Waals surface area contributed by atoms with Crippen molar-refractivity contribution in [2.24, 2.45) is 0 Å². The van der Waals surface area contributed by atoms with Gasteiger partial charge in [0.05, 0.1) is 4.90 Å². The van der Waals surface area contributed by atoms with Gasteiger partial charge in [-0.2, -0.15) is 4.31 Å². The third-order valence-corrected chi connectivity index (χ3v) is 4.59. The number of nitrogens with zero attached hydrogens (tertiary/aromatic N) is 1. The van der Waals surface area contributed by atoms with E-state index in [1.165, 1.54) is 28.6 Å². The zero-order valence-corrected chi connectivity index (χ0v) is 10.4. The molecule has 17 heavy (non-hydrogen) atoms. The van der Waals surface area contributed by atoms with Gasteiger partial charge in [-0.15, -0.1) is 0 Å². The molecular formula is C12H15NO3S. The van der Waals surface area contributed by atoms with Crippen LogP contribution < -0.4 is 0 Å². The smallest absolute Gasteiger partial charge is 0.243 e. The fraction of sp³-hybridized carbons (Fsp3) is 0.333. The molecule has 0 aromatic heterocycles. The molecule has 0 saturated heterocycles. The third-order valence-electron chi connectivity index (χ3n) is 2.75. The molecule has 5 heteroatoms. The first-order valence-electron chi connectivity index (χ1n) is 5.45. The number of rotatable bonds is 2. The first-order chi connectivity index (χ1) is 8.00. The lowest BCUT2D eigenvalue weighted by Gasteiger charge is -2.25. The number of aromatic hydroxyl groups is 1. The Bertz CT molecular complexity index is 549. The molecule has 1 heterocycles. The van der Waals surface area contributed by atoms with E-state index >= 15 is 0 Å². The highest BCUT2D eigenvalue weighted by atomic mass is 32.2. The predicted molar refractivity (Wildman–Crippen MR) is 65.2 cm³/mol. The summed E-state index contributed by atoms with van der Waals surface area (Å²) in [6.07, 6.45) is 2.79. The van der Waals surface area contributed by atoms with Crippen molar-refractivity contribution in [3.05, 3.63) is 35.9 Å². The molecule has 0 atom stereocenters. The molecule has 2 rings (SSSR count). The summed E-state index contributed by atoms with van der Waals surface area (Å²) in [5.74, 6) is -0.0321. The Labute approximate surface area is 101 Å². The second-order valence-corrected chi connectivity index (χ2v) is 6.11. The van der Waals surface area contributed by atoms with Gasteiger partial charge in [-0.05, 0) is 31.5 Å². The Morgan fingerprint density at radius 2 is 2.12 bits per heavy atom. The average molecular weight is 253 g/mol. The molecule has 1 aliphatic heterocycles. The number of hydrogen-bond acceptors (Lipinski definition) is 3. The van der Waals surface area contributed by atoms with Gasteiger partial charge in [-0.3, -0.25) is 0 Å². The minimum atomic E-state index is -3.48. The highest BCUT2D eigenvalue weighted by Gasteiger charge is 2.25. The zero-order chi connectivity index (χ0) is 12.5. The van der Waals surface area contributed by atoms with Gasteiger partial charge >= 0.3 is 0 Å². The second-order valence-electron chi connectivity index (χ2n) is 4.18. The summed E-state index contributed by atoms with van der Waals surface area (Å²) >= 11 is 0. The van der Waals surface area contributed by atoms with E-state index in [1.54, 1.807) is 0 Å². The molecule has 0 bridgehead atoms. The lowest BCUT2D eigenvalue weighted by molar-refractivity contribution is 0.426. The van der Waals surface area contributed by atoms with Crippen molar-refractivity contribution in [2.45, 2.75) is 18.2 Å². The number of phenols is 1. The molecule has 0 aliphatic carbocycles. The first-order valence-corrected chi connectivity index (χ1v) is 6.89. The van der Waals surface area contributed by atoms with Crippen molar-refractivity contribution < 1.29 is 13.5 Å². The van der Waals surface area contributed by atoms with Crippen LogP contribution >= 0.6 is 0 Å². The van der Waals surface area contributed by atoms with E-state index < -0.39 is 10.0 Å². The van der Waals surface area contributed by atoms with Gasteiger partial charge in [0.25, 0.3) is 0 Å². The quantitative estimate of drug-likeness (QED) is 0.817. The third kappa shape index (κ3) is 2.50. The largest absolute Gasteiger partial charge is 0.508 e. The Kier molecular flexibility index (Phi) is 3.22. The Morgan fingerprint density at radius 1 is 1.35 bits per heavy atom. The van der Waals surface area contributed by atoms with Crippen molar-refractivity contribution in [2.75, 3.05) is 13.1 Å². The molecule has 0 unspecified atom stereocenters. The number of phenolic OH excluding ortho intramolecular Hbond substituents is 1. The van der Waals surface area contributed by atoms with Gasteiger partial charge in [-0.1, -0.05) is 17.7 Å². The van der Waals surface area contributed by atoms with E-state index in [0.717, 1.165) is 12.0 Å². The standard InChI is InChI=1S/C12H15NO3S/c1-10-4-3-7-13(9-10)17(15,16)12-6-2-5-11(14)8-12/h2,4-6,8,14H,3,7,9H2,1H3.